The molecule has 1 aromatic heterocycles. The fraction of sp³-hybridized carbons (Fsp3) is 0.0909. The van der Waals surface area contributed by atoms with Crippen molar-refractivity contribution in [2.75, 3.05) is 0 Å². The van der Waals surface area contributed by atoms with Crippen molar-refractivity contribution in [2.24, 2.45) is 0 Å². The van der Waals surface area contributed by atoms with Crippen molar-refractivity contribution < 1.29 is 18.3 Å². The Hall–Kier alpha value is -1.20. The zero-order valence-corrected chi connectivity index (χ0v) is 9.54. The number of aliphatic hydroxyl groups is 1. The second kappa shape index (κ2) is 4.35. The average molecular weight is 289 g/mol. The topological polar surface area (TPSA) is 33.4 Å². The van der Waals surface area contributed by atoms with Crippen LogP contribution in [0.1, 0.15) is 17.4 Å². The molecule has 0 aliphatic heterocycles. The Morgan fingerprint density at radius 2 is 1.94 bits per heavy atom. The van der Waals surface area contributed by atoms with Gasteiger partial charge in [0.2, 0.25) is 0 Å². The van der Waals surface area contributed by atoms with Crippen molar-refractivity contribution in [3.05, 3.63) is 58.0 Å². The smallest absolute Gasteiger partial charge is 0.169 e. The summed E-state index contributed by atoms with van der Waals surface area (Å²) in [7, 11) is 0. The number of furan rings is 1. The van der Waals surface area contributed by atoms with Gasteiger partial charge in [-0.3, -0.25) is 0 Å². The van der Waals surface area contributed by atoms with Crippen molar-refractivity contribution in [2.45, 2.75) is 6.10 Å². The molecule has 1 heterocycles. The van der Waals surface area contributed by atoms with E-state index in [2.05, 4.69) is 15.9 Å². The number of aliphatic hydroxyl groups excluding tert-OH is 1. The molecule has 2 nitrogen and oxygen atoms in total. The SMILES string of the molecule is OC(c1ccc(Br)o1)c1ccc(F)cc1F. The van der Waals surface area contributed by atoms with Gasteiger partial charge in [-0.15, -0.1) is 0 Å². The van der Waals surface area contributed by atoms with Crippen LogP contribution in [0.4, 0.5) is 8.78 Å². The van der Waals surface area contributed by atoms with E-state index in [1.807, 2.05) is 0 Å². The Morgan fingerprint density at radius 1 is 1.19 bits per heavy atom. The van der Waals surface area contributed by atoms with Gasteiger partial charge in [0.15, 0.2) is 4.67 Å². The predicted molar refractivity (Wildman–Crippen MR) is 56.8 cm³/mol. The summed E-state index contributed by atoms with van der Waals surface area (Å²) in [4.78, 5) is 0. The first-order chi connectivity index (χ1) is 7.58. The molecule has 0 aliphatic carbocycles. The van der Waals surface area contributed by atoms with E-state index in [0.29, 0.717) is 4.67 Å². The summed E-state index contributed by atoms with van der Waals surface area (Å²) in [5, 5.41) is 9.80. The van der Waals surface area contributed by atoms with E-state index in [9.17, 15) is 13.9 Å². The van der Waals surface area contributed by atoms with Gasteiger partial charge in [0.05, 0.1) is 0 Å². The first-order valence-corrected chi connectivity index (χ1v) is 5.25. The quantitative estimate of drug-likeness (QED) is 0.919. The molecule has 0 fully saturated rings. The minimum atomic E-state index is -1.24. The Labute approximate surface area is 98.6 Å². The van der Waals surface area contributed by atoms with Gasteiger partial charge < -0.3 is 9.52 Å². The molecule has 0 amide bonds. The largest absolute Gasteiger partial charge is 0.451 e. The van der Waals surface area contributed by atoms with Crippen molar-refractivity contribution in [1.82, 2.24) is 0 Å². The second-order valence-electron chi connectivity index (χ2n) is 3.21. The van der Waals surface area contributed by atoms with Gasteiger partial charge in [-0.05, 0) is 34.1 Å². The summed E-state index contributed by atoms with van der Waals surface area (Å²) in [6, 6.07) is 6.08. The van der Waals surface area contributed by atoms with E-state index in [0.717, 1.165) is 12.1 Å². The van der Waals surface area contributed by atoms with Crippen molar-refractivity contribution in [3.8, 4) is 0 Å². The molecule has 2 aromatic rings. The maximum atomic E-state index is 13.3. The lowest BCUT2D eigenvalue weighted by Gasteiger charge is -2.08. The molecule has 0 saturated carbocycles. The van der Waals surface area contributed by atoms with Gasteiger partial charge in [0.25, 0.3) is 0 Å². The van der Waals surface area contributed by atoms with E-state index >= 15 is 0 Å². The molecule has 0 radical (unpaired) electrons. The van der Waals surface area contributed by atoms with Crippen LogP contribution in [0, 0.1) is 11.6 Å². The molecule has 0 spiro atoms. The highest BCUT2D eigenvalue weighted by Crippen LogP contribution is 2.27. The molecule has 5 heteroatoms. The Bertz CT molecular complexity index is 510. The lowest BCUT2D eigenvalue weighted by Crippen LogP contribution is -2.01. The van der Waals surface area contributed by atoms with Gasteiger partial charge >= 0.3 is 0 Å². The number of hydrogen-bond donors (Lipinski definition) is 1. The van der Waals surface area contributed by atoms with Crippen LogP contribution in [-0.2, 0) is 0 Å². The van der Waals surface area contributed by atoms with Crippen LogP contribution in [0.3, 0.4) is 0 Å². The van der Waals surface area contributed by atoms with E-state index in [4.69, 9.17) is 4.42 Å². The van der Waals surface area contributed by atoms with Gasteiger partial charge in [-0.1, -0.05) is 6.07 Å². The van der Waals surface area contributed by atoms with E-state index in [1.54, 1.807) is 6.07 Å². The van der Waals surface area contributed by atoms with Gasteiger partial charge in [0, 0.05) is 11.6 Å². The summed E-state index contributed by atoms with van der Waals surface area (Å²) >= 11 is 3.07. The van der Waals surface area contributed by atoms with Crippen LogP contribution in [0.25, 0.3) is 0 Å². The number of benzene rings is 1. The molecular formula is C11H7BrF2O2. The van der Waals surface area contributed by atoms with Gasteiger partial charge in [0.1, 0.15) is 23.5 Å². The zero-order chi connectivity index (χ0) is 11.7. The fourth-order valence-electron chi connectivity index (χ4n) is 1.35. The molecule has 2 rings (SSSR count). The van der Waals surface area contributed by atoms with Crippen LogP contribution < -0.4 is 0 Å². The van der Waals surface area contributed by atoms with Gasteiger partial charge in [-0.2, -0.15) is 0 Å². The van der Waals surface area contributed by atoms with Crippen molar-refractivity contribution in [1.29, 1.82) is 0 Å². The molecule has 1 aromatic carbocycles. The third kappa shape index (κ3) is 2.15. The van der Waals surface area contributed by atoms with E-state index < -0.39 is 17.7 Å². The highest BCUT2D eigenvalue weighted by molar-refractivity contribution is 9.10. The molecule has 0 aliphatic rings. The first kappa shape index (κ1) is 11.3. The average Bonchev–Trinajstić information content (AvgIpc) is 2.64. The van der Waals surface area contributed by atoms with E-state index in [1.165, 1.54) is 12.1 Å². The summed E-state index contributed by atoms with van der Waals surface area (Å²) in [6.45, 7) is 0. The van der Waals surface area contributed by atoms with E-state index in [-0.39, 0.29) is 11.3 Å². The summed E-state index contributed by atoms with van der Waals surface area (Å²) < 4.78 is 31.5. The Morgan fingerprint density at radius 3 is 2.50 bits per heavy atom. The highest BCUT2D eigenvalue weighted by Gasteiger charge is 2.18. The predicted octanol–water partition coefficient (Wildman–Crippen LogP) is 3.40. The van der Waals surface area contributed by atoms with Gasteiger partial charge in [-0.25, -0.2) is 8.78 Å². The third-order valence-electron chi connectivity index (χ3n) is 2.12. The summed E-state index contributed by atoms with van der Waals surface area (Å²) in [5.74, 6) is -1.30. The molecule has 1 N–H and O–H groups in total. The van der Waals surface area contributed by atoms with Crippen molar-refractivity contribution >= 4 is 15.9 Å². The lowest BCUT2D eigenvalue weighted by atomic mass is 10.1. The van der Waals surface area contributed by atoms with Crippen LogP contribution in [0.5, 0.6) is 0 Å². The highest BCUT2D eigenvalue weighted by atomic mass is 79.9. The fourth-order valence-corrected chi connectivity index (χ4v) is 1.67. The van der Waals surface area contributed by atoms with Crippen LogP contribution >= 0.6 is 15.9 Å². The van der Waals surface area contributed by atoms with Crippen LogP contribution in [-0.4, -0.2) is 5.11 Å². The molecule has 1 unspecified atom stereocenters. The maximum Gasteiger partial charge on any atom is 0.169 e. The number of rotatable bonds is 2. The molecule has 1 atom stereocenters. The summed E-state index contributed by atoms with van der Waals surface area (Å²) in [5.41, 5.74) is -0.0248. The third-order valence-corrected chi connectivity index (χ3v) is 2.55. The van der Waals surface area contributed by atoms with Crippen molar-refractivity contribution in [3.63, 3.8) is 0 Å². The normalized spacial score (nSPS) is 12.8. The minimum Gasteiger partial charge on any atom is -0.451 e. The Balaban J connectivity index is 2.37. The standard InChI is InChI=1S/C11H7BrF2O2/c12-10-4-3-9(16-10)11(15)7-2-1-6(13)5-8(7)14/h1-5,11,15H. The number of halogens is 3. The molecular weight excluding hydrogens is 282 g/mol. The van der Waals surface area contributed by atoms with Crippen LogP contribution in [0.15, 0.2) is 39.4 Å². The molecule has 84 valence electrons. The zero-order valence-electron chi connectivity index (χ0n) is 7.95. The number of hydrogen-bond acceptors (Lipinski definition) is 2. The molecule has 0 bridgehead atoms. The maximum absolute atomic E-state index is 13.3. The lowest BCUT2D eigenvalue weighted by molar-refractivity contribution is 0.183. The van der Waals surface area contributed by atoms with Crippen LogP contribution in [0.2, 0.25) is 0 Å². The minimum absolute atomic E-state index is 0.0248. The second-order valence-corrected chi connectivity index (χ2v) is 3.99. The first-order valence-electron chi connectivity index (χ1n) is 4.46. The Kier molecular flexibility index (Phi) is 3.07. The monoisotopic (exact) mass is 288 g/mol. The summed E-state index contributed by atoms with van der Waals surface area (Å²) in [6.07, 6.45) is -1.24. The molecule has 0 saturated heterocycles. The molecule has 16 heavy (non-hydrogen) atoms.